The van der Waals surface area contributed by atoms with E-state index in [0.29, 0.717) is 0 Å². The fourth-order valence-corrected chi connectivity index (χ4v) is 3.50. The van der Waals surface area contributed by atoms with Gasteiger partial charge in [-0.25, -0.2) is 4.98 Å². The number of piperidine rings is 1. The Hall–Kier alpha value is -0.690. The van der Waals surface area contributed by atoms with Gasteiger partial charge in [0.1, 0.15) is 5.82 Å². The van der Waals surface area contributed by atoms with Crippen molar-refractivity contribution in [2.24, 2.45) is 0 Å². The van der Waals surface area contributed by atoms with E-state index in [1.54, 1.807) is 18.0 Å². The Bertz CT molecular complexity index is 462. The number of nitrogens with one attached hydrogen (secondary N) is 2. The Morgan fingerprint density at radius 1 is 1.27 bits per heavy atom. The van der Waals surface area contributed by atoms with Crippen molar-refractivity contribution in [2.75, 3.05) is 34.9 Å². The zero-order valence-electron chi connectivity index (χ0n) is 12.3. The molecule has 1 aromatic rings. The average Bonchev–Trinajstić information content (AvgIpc) is 3.03. The van der Waals surface area contributed by atoms with Gasteiger partial charge in [-0.1, -0.05) is 0 Å². The van der Waals surface area contributed by atoms with Crippen LogP contribution in [-0.2, 0) is 4.79 Å². The van der Waals surface area contributed by atoms with Gasteiger partial charge in [0.25, 0.3) is 0 Å². The van der Waals surface area contributed by atoms with Crippen LogP contribution >= 0.6 is 36.6 Å². The first kappa shape index (κ1) is 19.4. The SMILES string of the molecule is Cl.Cl.O=C(Nc1ccc(N2CCCCC2)nc1)C1CSCN1. The quantitative estimate of drug-likeness (QED) is 0.862. The number of hydrogen-bond acceptors (Lipinski definition) is 5. The van der Waals surface area contributed by atoms with Crippen molar-refractivity contribution in [3.63, 3.8) is 0 Å². The minimum atomic E-state index is -0.0817. The highest BCUT2D eigenvalue weighted by molar-refractivity contribution is 7.99. The van der Waals surface area contributed by atoms with Crippen molar-refractivity contribution in [3.05, 3.63) is 18.3 Å². The first-order valence-electron chi connectivity index (χ1n) is 7.16. The summed E-state index contributed by atoms with van der Waals surface area (Å²) < 4.78 is 0. The lowest BCUT2D eigenvalue weighted by Gasteiger charge is -2.27. The maximum Gasteiger partial charge on any atom is 0.242 e. The Morgan fingerprint density at radius 2 is 2.05 bits per heavy atom. The molecule has 1 atom stereocenters. The predicted molar refractivity (Wildman–Crippen MR) is 97.7 cm³/mol. The molecule has 1 unspecified atom stereocenters. The van der Waals surface area contributed by atoms with Crippen molar-refractivity contribution in [1.29, 1.82) is 0 Å². The highest BCUT2D eigenvalue weighted by atomic mass is 35.5. The third kappa shape index (κ3) is 4.91. The number of anilines is 2. The van der Waals surface area contributed by atoms with Gasteiger partial charge in [0.2, 0.25) is 5.91 Å². The molecule has 0 bridgehead atoms. The molecule has 5 nitrogen and oxygen atoms in total. The molecular formula is C14H22Cl2N4OS. The lowest BCUT2D eigenvalue weighted by Crippen LogP contribution is -2.37. The standard InChI is InChI=1S/C14H20N4OS.2ClH/c19-14(12-9-20-10-16-12)17-11-4-5-13(15-8-11)18-6-2-1-3-7-18;;/h4-5,8,12,16H,1-3,6-7,9-10H2,(H,17,19);2*1H. The maximum absolute atomic E-state index is 12.0. The Balaban J connectivity index is 0.00000121. The second kappa shape index (κ2) is 9.45. The minimum Gasteiger partial charge on any atom is -0.357 e. The van der Waals surface area contributed by atoms with Gasteiger partial charge < -0.3 is 10.2 Å². The van der Waals surface area contributed by atoms with Crippen LogP contribution in [0.25, 0.3) is 0 Å². The molecule has 2 aliphatic rings. The third-order valence-corrected chi connectivity index (χ3v) is 4.67. The zero-order chi connectivity index (χ0) is 13.8. The molecule has 2 saturated heterocycles. The molecule has 0 radical (unpaired) electrons. The number of amides is 1. The highest BCUT2D eigenvalue weighted by Gasteiger charge is 2.22. The van der Waals surface area contributed by atoms with Gasteiger partial charge in [-0.2, -0.15) is 0 Å². The van der Waals surface area contributed by atoms with Gasteiger partial charge >= 0.3 is 0 Å². The number of carbonyl (C=O) groups excluding carboxylic acids is 1. The molecule has 0 aliphatic carbocycles. The summed E-state index contributed by atoms with van der Waals surface area (Å²) in [4.78, 5) is 18.8. The van der Waals surface area contributed by atoms with Gasteiger partial charge in [0.15, 0.2) is 0 Å². The van der Waals surface area contributed by atoms with E-state index in [1.807, 2.05) is 12.1 Å². The Labute approximate surface area is 147 Å². The van der Waals surface area contributed by atoms with Crippen LogP contribution in [-0.4, -0.2) is 41.7 Å². The molecule has 1 amide bonds. The van der Waals surface area contributed by atoms with Crippen LogP contribution in [0, 0.1) is 0 Å². The molecule has 0 spiro atoms. The lowest BCUT2D eigenvalue weighted by molar-refractivity contribution is -0.117. The van der Waals surface area contributed by atoms with E-state index in [2.05, 4.69) is 20.5 Å². The number of thioether (sulfide) groups is 1. The van der Waals surface area contributed by atoms with E-state index in [1.165, 1.54) is 19.3 Å². The Morgan fingerprint density at radius 3 is 2.64 bits per heavy atom. The molecule has 8 heteroatoms. The number of pyridine rings is 1. The van der Waals surface area contributed by atoms with Crippen molar-refractivity contribution < 1.29 is 4.79 Å². The van der Waals surface area contributed by atoms with Gasteiger partial charge in [0, 0.05) is 24.7 Å². The van der Waals surface area contributed by atoms with E-state index in [9.17, 15) is 4.79 Å². The van der Waals surface area contributed by atoms with Crippen molar-refractivity contribution >= 4 is 54.0 Å². The molecule has 0 aromatic carbocycles. The highest BCUT2D eigenvalue weighted by Crippen LogP contribution is 2.19. The summed E-state index contributed by atoms with van der Waals surface area (Å²) in [5.74, 6) is 2.73. The topological polar surface area (TPSA) is 57.3 Å². The van der Waals surface area contributed by atoms with Crippen LogP contribution in [0.5, 0.6) is 0 Å². The number of nitrogens with zero attached hydrogens (tertiary/aromatic N) is 2. The lowest BCUT2D eigenvalue weighted by atomic mass is 10.1. The van der Waals surface area contributed by atoms with Crippen molar-refractivity contribution in [2.45, 2.75) is 25.3 Å². The smallest absolute Gasteiger partial charge is 0.242 e. The zero-order valence-corrected chi connectivity index (χ0v) is 14.7. The van der Waals surface area contributed by atoms with E-state index in [-0.39, 0.29) is 36.8 Å². The monoisotopic (exact) mass is 364 g/mol. The normalized spacial score (nSPS) is 20.7. The van der Waals surface area contributed by atoms with Crippen LogP contribution in [0.15, 0.2) is 18.3 Å². The number of rotatable bonds is 3. The van der Waals surface area contributed by atoms with Crippen molar-refractivity contribution in [3.8, 4) is 0 Å². The Kier molecular flexibility index (Phi) is 8.31. The summed E-state index contributed by atoms with van der Waals surface area (Å²) in [5.41, 5.74) is 0.773. The van der Waals surface area contributed by atoms with Gasteiger partial charge in [-0.15, -0.1) is 36.6 Å². The van der Waals surface area contributed by atoms with Crippen LogP contribution in [0.2, 0.25) is 0 Å². The van der Waals surface area contributed by atoms with E-state index in [0.717, 1.165) is 36.2 Å². The summed E-state index contributed by atoms with van der Waals surface area (Å²) >= 11 is 1.75. The van der Waals surface area contributed by atoms with Crippen LogP contribution in [0.4, 0.5) is 11.5 Å². The first-order chi connectivity index (χ1) is 9.83. The van der Waals surface area contributed by atoms with Crippen LogP contribution in [0.3, 0.4) is 0 Å². The van der Waals surface area contributed by atoms with E-state index in [4.69, 9.17) is 0 Å². The fraction of sp³-hybridized carbons (Fsp3) is 0.571. The number of aromatic nitrogens is 1. The largest absolute Gasteiger partial charge is 0.357 e. The summed E-state index contributed by atoms with van der Waals surface area (Å²) in [6.07, 6.45) is 5.55. The summed E-state index contributed by atoms with van der Waals surface area (Å²) in [7, 11) is 0. The minimum absolute atomic E-state index is 0. The fourth-order valence-electron chi connectivity index (χ4n) is 2.56. The second-order valence-electron chi connectivity index (χ2n) is 5.21. The van der Waals surface area contributed by atoms with Gasteiger partial charge in [-0.05, 0) is 31.4 Å². The number of halogens is 2. The first-order valence-corrected chi connectivity index (χ1v) is 8.31. The summed E-state index contributed by atoms with van der Waals surface area (Å²) in [6, 6.07) is 3.86. The molecule has 124 valence electrons. The molecule has 3 heterocycles. The molecule has 2 N–H and O–H groups in total. The summed E-state index contributed by atoms with van der Waals surface area (Å²) in [6.45, 7) is 2.17. The maximum atomic E-state index is 12.0. The van der Waals surface area contributed by atoms with Gasteiger partial charge in [-0.3, -0.25) is 10.1 Å². The molecule has 2 fully saturated rings. The number of carbonyl (C=O) groups is 1. The third-order valence-electron chi connectivity index (χ3n) is 3.73. The van der Waals surface area contributed by atoms with E-state index < -0.39 is 0 Å². The van der Waals surface area contributed by atoms with Crippen molar-refractivity contribution in [1.82, 2.24) is 10.3 Å². The van der Waals surface area contributed by atoms with Gasteiger partial charge in [0.05, 0.1) is 17.9 Å². The van der Waals surface area contributed by atoms with Crippen LogP contribution < -0.4 is 15.5 Å². The second-order valence-corrected chi connectivity index (χ2v) is 6.24. The molecular weight excluding hydrogens is 343 g/mol. The molecule has 3 rings (SSSR count). The summed E-state index contributed by atoms with van der Waals surface area (Å²) in [5, 5.41) is 6.08. The molecule has 2 aliphatic heterocycles. The molecule has 22 heavy (non-hydrogen) atoms. The molecule has 1 aromatic heterocycles. The average molecular weight is 365 g/mol. The predicted octanol–water partition coefficient (Wildman–Crippen LogP) is 2.52. The molecule has 0 saturated carbocycles. The van der Waals surface area contributed by atoms with E-state index >= 15 is 0 Å². The number of hydrogen-bond donors (Lipinski definition) is 2. The van der Waals surface area contributed by atoms with Crippen LogP contribution in [0.1, 0.15) is 19.3 Å².